The smallest absolute Gasteiger partial charge is 0.311 e. The van der Waals surface area contributed by atoms with E-state index in [-0.39, 0.29) is 12.5 Å². The van der Waals surface area contributed by atoms with E-state index in [1.165, 1.54) is 11.3 Å². The van der Waals surface area contributed by atoms with E-state index in [2.05, 4.69) is 5.32 Å². The Hall–Kier alpha value is -2.08. The number of hydrogen-bond donors (Lipinski definition) is 2. The van der Waals surface area contributed by atoms with Crippen LogP contribution in [0, 0.1) is 5.41 Å². The van der Waals surface area contributed by atoms with E-state index in [0.717, 1.165) is 12.1 Å². The molecule has 110 valence electrons. The Balaban J connectivity index is 1.72. The number of carboxylic acid groups (broad SMARTS) is 1. The number of carbonyl (C=O) groups excluding carboxylic acids is 1. The normalized spacial score (nSPS) is 16.2. The predicted molar refractivity (Wildman–Crippen MR) is 79.9 cm³/mol. The Bertz CT molecular complexity index is 656. The molecule has 3 rings (SSSR count). The van der Waals surface area contributed by atoms with E-state index >= 15 is 0 Å². The van der Waals surface area contributed by atoms with E-state index in [4.69, 9.17) is 0 Å². The van der Waals surface area contributed by atoms with Crippen molar-refractivity contribution in [3.05, 3.63) is 40.8 Å². The summed E-state index contributed by atoms with van der Waals surface area (Å²) in [4.78, 5) is 24.2. The molecule has 2 aromatic heterocycles. The van der Waals surface area contributed by atoms with E-state index in [0.29, 0.717) is 17.7 Å². The van der Waals surface area contributed by atoms with Crippen LogP contribution in [0.15, 0.2) is 36.0 Å². The number of carboxylic acids is 1. The first kappa shape index (κ1) is 13.9. The molecule has 2 N–H and O–H groups in total. The molecule has 0 saturated heterocycles. The number of nitrogens with zero attached hydrogens (tertiary/aromatic N) is 1. The van der Waals surface area contributed by atoms with Gasteiger partial charge >= 0.3 is 5.97 Å². The number of carbonyl (C=O) groups is 2. The highest BCUT2D eigenvalue weighted by Gasteiger charge is 2.44. The van der Waals surface area contributed by atoms with Crippen molar-refractivity contribution in [3.8, 4) is 5.69 Å². The highest BCUT2D eigenvalue weighted by atomic mass is 32.1. The second kappa shape index (κ2) is 5.37. The lowest BCUT2D eigenvalue weighted by Crippen LogP contribution is -2.47. The van der Waals surface area contributed by atoms with E-state index in [1.807, 2.05) is 40.5 Å². The molecule has 0 unspecified atom stereocenters. The van der Waals surface area contributed by atoms with Crippen molar-refractivity contribution in [2.24, 2.45) is 5.41 Å². The van der Waals surface area contributed by atoms with Gasteiger partial charge in [-0.1, -0.05) is 6.42 Å². The van der Waals surface area contributed by atoms with Crippen molar-refractivity contribution in [2.75, 3.05) is 6.54 Å². The van der Waals surface area contributed by atoms with Crippen LogP contribution in [-0.4, -0.2) is 28.1 Å². The Morgan fingerprint density at radius 3 is 2.62 bits per heavy atom. The van der Waals surface area contributed by atoms with Gasteiger partial charge in [0.05, 0.1) is 11.1 Å². The largest absolute Gasteiger partial charge is 0.481 e. The number of aromatic nitrogens is 1. The second-order valence-corrected chi connectivity index (χ2v) is 6.26. The molecule has 1 aliphatic rings. The van der Waals surface area contributed by atoms with Crippen LogP contribution in [0.25, 0.3) is 5.69 Å². The molecule has 0 bridgehead atoms. The summed E-state index contributed by atoms with van der Waals surface area (Å²) in [5, 5.41) is 13.9. The van der Waals surface area contributed by atoms with Gasteiger partial charge in [-0.3, -0.25) is 9.59 Å². The standard InChI is InChI=1S/C15H16N2O3S/c18-13(16-10-15(14(19)20)5-3-6-15)12-11(4-9-21-12)17-7-1-2-8-17/h1-2,4,7-9H,3,5-6,10H2,(H,16,18)(H,19,20). The quantitative estimate of drug-likeness (QED) is 0.891. The van der Waals surface area contributed by atoms with Gasteiger partial charge in [0.25, 0.3) is 5.91 Å². The number of thiophene rings is 1. The van der Waals surface area contributed by atoms with Crippen LogP contribution in [-0.2, 0) is 4.79 Å². The molecule has 0 radical (unpaired) electrons. The summed E-state index contributed by atoms with van der Waals surface area (Å²) in [7, 11) is 0. The zero-order valence-corrected chi connectivity index (χ0v) is 12.2. The molecule has 2 heterocycles. The molecule has 0 aliphatic heterocycles. The molecule has 1 aliphatic carbocycles. The molecule has 1 amide bonds. The number of nitrogens with one attached hydrogen (secondary N) is 1. The van der Waals surface area contributed by atoms with Crippen molar-refractivity contribution < 1.29 is 14.7 Å². The summed E-state index contributed by atoms with van der Waals surface area (Å²) < 4.78 is 1.88. The Morgan fingerprint density at radius 2 is 2.05 bits per heavy atom. The number of amides is 1. The minimum Gasteiger partial charge on any atom is -0.481 e. The molecule has 0 atom stereocenters. The van der Waals surface area contributed by atoms with Gasteiger partial charge < -0.3 is 15.0 Å². The van der Waals surface area contributed by atoms with Crippen molar-refractivity contribution in [1.82, 2.24) is 9.88 Å². The average molecular weight is 304 g/mol. The lowest BCUT2D eigenvalue weighted by atomic mass is 9.69. The van der Waals surface area contributed by atoms with Crippen LogP contribution >= 0.6 is 11.3 Å². The van der Waals surface area contributed by atoms with E-state index in [9.17, 15) is 14.7 Å². The highest BCUT2D eigenvalue weighted by molar-refractivity contribution is 7.12. The van der Waals surface area contributed by atoms with Crippen LogP contribution in [0.5, 0.6) is 0 Å². The third-order valence-electron chi connectivity index (χ3n) is 4.08. The minimum absolute atomic E-state index is 0.199. The molecule has 1 fully saturated rings. The molecule has 0 spiro atoms. The van der Waals surface area contributed by atoms with Gasteiger partial charge in [-0.15, -0.1) is 11.3 Å². The zero-order valence-electron chi connectivity index (χ0n) is 11.4. The number of aliphatic carboxylic acids is 1. The van der Waals surface area contributed by atoms with Crippen molar-refractivity contribution >= 4 is 23.2 Å². The predicted octanol–water partition coefficient (Wildman–Crippen LogP) is 2.52. The van der Waals surface area contributed by atoms with E-state index < -0.39 is 11.4 Å². The lowest BCUT2D eigenvalue weighted by Gasteiger charge is -2.37. The summed E-state index contributed by atoms with van der Waals surface area (Å²) in [5.74, 6) is -1.02. The summed E-state index contributed by atoms with van der Waals surface area (Å²) in [5.41, 5.74) is 0.0565. The number of hydrogen-bond acceptors (Lipinski definition) is 3. The Morgan fingerprint density at radius 1 is 1.33 bits per heavy atom. The van der Waals surface area contributed by atoms with Crippen molar-refractivity contribution in [3.63, 3.8) is 0 Å². The van der Waals surface area contributed by atoms with Gasteiger partial charge in [-0.2, -0.15) is 0 Å². The maximum absolute atomic E-state index is 12.3. The summed E-state index contributed by atoms with van der Waals surface area (Å²) in [6, 6.07) is 5.68. The molecule has 2 aromatic rings. The second-order valence-electron chi connectivity index (χ2n) is 5.35. The monoisotopic (exact) mass is 304 g/mol. The number of rotatable bonds is 5. The molecular formula is C15H16N2O3S. The fraction of sp³-hybridized carbons (Fsp3) is 0.333. The summed E-state index contributed by atoms with van der Waals surface area (Å²) in [6.07, 6.45) is 5.94. The summed E-state index contributed by atoms with van der Waals surface area (Å²) in [6.45, 7) is 0.199. The summed E-state index contributed by atoms with van der Waals surface area (Å²) >= 11 is 1.36. The first-order valence-electron chi connectivity index (χ1n) is 6.85. The fourth-order valence-corrected chi connectivity index (χ4v) is 3.38. The van der Waals surface area contributed by atoms with Crippen molar-refractivity contribution in [2.45, 2.75) is 19.3 Å². The van der Waals surface area contributed by atoms with Gasteiger partial charge in [-0.25, -0.2) is 0 Å². The van der Waals surface area contributed by atoms with Crippen LogP contribution < -0.4 is 5.32 Å². The van der Waals surface area contributed by atoms with Gasteiger partial charge in [0.2, 0.25) is 0 Å². The minimum atomic E-state index is -0.814. The molecule has 6 heteroatoms. The van der Waals surface area contributed by atoms with Crippen LogP contribution in [0.3, 0.4) is 0 Å². The molecule has 0 aromatic carbocycles. The average Bonchev–Trinajstić information content (AvgIpc) is 3.07. The third kappa shape index (κ3) is 2.47. The van der Waals surface area contributed by atoms with Crippen molar-refractivity contribution in [1.29, 1.82) is 0 Å². The highest BCUT2D eigenvalue weighted by Crippen LogP contribution is 2.40. The Kier molecular flexibility index (Phi) is 3.55. The van der Waals surface area contributed by atoms with Gasteiger partial charge in [0.1, 0.15) is 4.88 Å². The Labute approximate surface area is 126 Å². The maximum atomic E-state index is 12.3. The maximum Gasteiger partial charge on any atom is 0.311 e. The van der Waals surface area contributed by atoms with Gasteiger partial charge in [0, 0.05) is 18.9 Å². The first-order valence-corrected chi connectivity index (χ1v) is 7.73. The molecule has 1 saturated carbocycles. The van der Waals surface area contributed by atoms with Crippen LogP contribution in [0.2, 0.25) is 0 Å². The lowest BCUT2D eigenvalue weighted by molar-refractivity contribution is -0.153. The van der Waals surface area contributed by atoms with E-state index in [1.54, 1.807) is 0 Å². The first-order chi connectivity index (χ1) is 10.1. The third-order valence-corrected chi connectivity index (χ3v) is 4.99. The molecule has 5 nitrogen and oxygen atoms in total. The van der Waals surface area contributed by atoms with Gasteiger partial charge in [0.15, 0.2) is 0 Å². The van der Waals surface area contributed by atoms with Crippen LogP contribution in [0.1, 0.15) is 28.9 Å². The zero-order chi connectivity index (χ0) is 14.9. The molecular weight excluding hydrogens is 288 g/mol. The SMILES string of the molecule is O=C(NCC1(C(=O)O)CCC1)c1sccc1-n1cccc1. The topological polar surface area (TPSA) is 71.3 Å². The molecule has 21 heavy (non-hydrogen) atoms. The van der Waals surface area contributed by atoms with Gasteiger partial charge in [-0.05, 0) is 36.4 Å². The van der Waals surface area contributed by atoms with Crippen LogP contribution in [0.4, 0.5) is 0 Å². The fourth-order valence-electron chi connectivity index (χ4n) is 2.57.